The first kappa shape index (κ1) is 21.3. The van der Waals surface area contributed by atoms with Crippen LogP contribution in [0.3, 0.4) is 0 Å². The zero-order valence-electron chi connectivity index (χ0n) is 17.4. The number of benzene rings is 3. The summed E-state index contributed by atoms with van der Waals surface area (Å²) in [4.78, 5) is 24.8. The fourth-order valence-corrected chi connectivity index (χ4v) is 5.02. The van der Waals surface area contributed by atoms with Crippen molar-refractivity contribution in [3.63, 3.8) is 0 Å². The maximum absolute atomic E-state index is 13.6. The number of carboxylic acids is 1. The van der Waals surface area contributed by atoms with Crippen molar-refractivity contribution in [2.75, 3.05) is 0 Å². The number of carbonyl (C=O) groups excluding carboxylic acids is 1. The van der Waals surface area contributed by atoms with E-state index < -0.39 is 5.97 Å². The van der Waals surface area contributed by atoms with Crippen molar-refractivity contribution < 1.29 is 24.9 Å². The van der Waals surface area contributed by atoms with Gasteiger partial charge in [0.25, 0.3) is 0 Å². The molecule has 6 heteroatoms. The smallest absolute Gasteiger partial charge is 0.328 e. The molecule has 0 amide bonds. The number of carbonyl (C=O) groups is 2. The Hall–Kier alpha value is -3.90. The summed E-state index contributed by atoms with van der Waals surface area (Å²) in [6.07, 6.45) is 2.56. The normalized spacial score (nSPS) is 11.3. The van der Waals surface area contributed by atoms with Crippen LogP contribution < -0.4 is 0 Å². The molecule has 3 aromatic carbocycles. The van der Waals surface area contributed by atoms with Gasteiger partial charge >= 0.3 is 5.97 Å². The molecule has 4 aromatic rings. The highest BCUT2D eigenvalue weighted by Gasteiger charge is 2.24. The van der Waals surface area contributed by atoms with Crippen LogP contribution in [0.15, 0.2) is 60.7 Å². The van der Waals surface area contributed by atoms with E-state index in [0.717, 1.165) is 27.3 Å². The molecule has 0 bridgehead atoms. The number of thiophene rings is 1. The SMILES string of the molecule is Cc1cc(C)c(C(=O)c2sc3cc(O)ccc3c2-c2ccc(/C=C/C(=O)O)cc2)c(O)c1. The van der Waals surface area contributed by atoms with E-state index in [-0.39, 0.29) is 22.8 Å². The molecular weight excluding hydrogens is 424 g/mol. The van der Waals surface area contributed by atoms with Gasteiger partial charge < -0.3 is 15.3 Å². The van der Waals surface area contributed by atoms with Crippen molar-refractivity contribution in [3.05, 3.63) is 87.8 Å². The lowest BCUT2D eigenvalue weighted by Gasteiger charge is -2.10. The van der Waals surface area contributed by atoms with Gasteiger partial charge in [-0.1, -0.05) is 30.3 Å². The first-order chi connectivity index (χ1) is 15.2. The standard InChI is InChI=1S/C26H20O5S/c1-14-11-15(2)23(20(28)12-14)25(31)26-24(19-9-8-18(27)13-21(19)32-26)17-6-3-16(4-7-17)5-10-22(29)30/h3-13,27-28H,1-2H3,(H,29,30)/b10-5+. The number of aryl methyl sites for hydroxylation is 2. The largest absolute Gasteiger partial charge is 0.508 e. The van der Waals surface area contributed by atoms with Gasteiger partial charge in [0.15, 0.2) is 0 Å². The second-order valence-corrected chi connectivity index (χ2v) is 8.64. The van der Waals surface area contributed by atoms with Crippen molar-refractivity contribution in [2.45, 2.75) is 13.8 Å². The third-order valence-corrected chi connectivity index (χ3v) is 6.33. The van der Waals surface area contributed by atoms with E-state index in [2.05, 4.69) is 0 Å². The number of ketones is 1. The fraction of sp³-hybridized carbons (Fsp3) is 0.0769. The van der Waals surface area contributed by atoms with Crippen LogP contribution in [0.5, 0.6) is 11.5 Å². The molecular formula is C26H20O5S. The summed E-state index contributed by atoms with van der Waals surface area (Å²) in [5.74, 6) is -1.27. The van der Waals surface area contributed by atoms with E-state index in [4.69, 9.17) is 5.11 Å². The van der Waals surface area contributed by atoms with Gasteiger partial charge in [-0.3, -0.25) is 4.79 Å². The fourth-order valence-electron chi connectivity index (χ4n) is 3.81. The topological polar surface area (TPSA) is 94.8 Å². The summed E-state index contributed by atoms with van der Waals surface area (Å²) >= 11 is 1.26. The summed E-state index contributed by atoms with van der Waals surface area (Å²) in [6, 6.07) is 15.6. The Labute approximate surface area is 188 Å². The van der Waals surface area contributed by atoms with Gasteiger partial charge in [-0.15, -0.1) is 11.3 Å². The number of aliphatic carboxylic acids is 1. The maximum atomic E-state index is 13.6. The molecule has 5 nitrogen and oxygen atoms in total. The summed E-state index contributed by atoms with van der Waals surface area (Å²) in [5, 5.41) is 30.1. The molecule has 1 aromatic heterocycles. The summed E-state index contributed by atoms with van der Waals surface area (Å²) in [5.41, 5.74) is 4.02. The van der Waals surface area contributed by atoms with Crippen molar-refractivity contribution in [1.29, 1.82) is 0 Å². The monoisotopic (exact) mass is 444 g/mol. The Morgan fingerprint density at radius 1 is 0.938 bits per heavy atom. The molecule has 160 valence electrons. The van der Waals surface area contributed by atoms with Crippen LogP contribution in [0.25, 0.3) is 27.3 Å². The number of rotatable bonds is 5. The Morgan fingerprint density at radius 2 is 1.66 bits per heavy atom. The Bertz CT molecular complexity index is 1370. The number of fused-ring (bicyclic) bond motifs is 1. The molecule has 0 atom stereocenters. The molecule has 0 saturated heterocycles. The van der Waals surface area contributed by atoms with Gasteiger partial charge in [0, 0.05) is 21.7 Å². The molecule has 32 heavy (non-hydrogen) atoms. The van der Waals surface area contributed by atoms with Crippen LogP contribution in [-0.2, 0) is 4.79 Å². The molecule has 0 radical (unpaired) electrons. The molecule has 0 fully saturated rings. The second-order valence-electron chi connectivity index (χ2n) is 7.59. The lowest BCUT2D eigenvalue weighted by Crippen LogP contribution is -2.04. The van der Waals surface area contributed by atoms with E-state index in [1.807, 2.05) is 25.1 Å². The van der Waals surface area contributed by atoms with Crippen LogP contribution in [0.2, 0.25) is 0 Å². The van der Waals surface area contributed by atoms with Crippen molar-refractivity contribution in [1.82, 2.24) is 0 Å². The highest BCUT2D eigenvalue weighted by Crippen LogP contribution is 2.42. The number of phenolic OH excluding ortho intramolecular Hbond substituents is 2. The molecule has 0 aliphatic rings. The van der Waals surface area contributed by atoms with E-state index in [9.17, 15) is 19.8 Å². The number of hydrogen-bond donors (Lipinski definition) is 3. The Balaban J connectivity index is 1.90. The molecule has 1 heterocycles. The molecule has 0 aliphatic heterocycles. The lowest BCUT2D eigenvalue weighted by atomic mass is 9.94. The van der Waals surface area contributed by atoms with Crippen LogP contribution in [0, 0.1) is 13.8 Å². The minimum absolute atomic E-state index is 0.0621. The van der Waals surface area contributed by atoms with E-state index in [1.54, 1.807) is 43.3 Å². The average Bonchev–Trinajstić information content (AvgIpc) is 3.10. The first-order valence-corrected chi connectivity index (χ1v) is 10.7. The zero-order valence-corrected chi connectivity index (χ0v) is 18.2. The van der Waals surface area contributed by atoms with Gasteiger partial charge in [0.1, 0.15) is 11.5 Å². The lowest BCUT2D eigenvalue weighted by molar-refractivity contribution is -0.131. The third-order valence-electron chi connectivity index (χ3n) is 5.18. The summed E-state index contributed by atoms with van der Waals surface area (Å²) in [6.45, 7) is 3.65. The van der Waals surface area contributed by atoms with Gasteiger partial charge in [-0.05, 0) is 66.4 Å². The van der Waals surface area contributed by atoms with E-state index >= 15 is 0 Å². The van der Waals surface area contributed by atoms with Crippen LogP contribution in [-0.4, -0.2) is 27.1 Å². The molecule has 0 spiro atoms. The number of aromatic hydroxyl groups is 2. The van der Waals surface area contributed by atoms with Crippen molar-refractivity contribution >= 4 is 39.3 Å². The maximum Gasteiger partial charge on any atom is 0.328 e. The average molecular weight is 445 g/mol. The number of phenols is 2. The van der Waals surface area contributed by atoms with Crippen molar-refractivity contribution in [2.24, 2.45) is 0 Å². The predicted octanol–water partition coefficient (Wildman–Crippen LogP) is 5.93. The summed E-state index contributed by atoms with van der Waals surface area (Å²) in [7, 11) is 0. The minimum Gasteiger partial charge on any atom is -0.508 e. The molecule has 4 rings (SSSR count). The van der Waals surface area contributed by atoms with Crippen LogP contribution in [0.1, 0.15) is 31.9 Å². The van der Waals surface area contributed by atoms with Gasteiger partial charge in [0.2, 0.25) is 5.78 Å². The Morgan fingerprint density at radius 3 is 2.31 bits per heavy atom. The zero-order chi connectivity index (χ0) is 23.0. The molecule has 0 aliphatic carbocycles. The molecule has 0 unspecified atom stereocenters. The minimum atomic E-state index is -1.03. The van der Waals surface area contributed by atoms with Crippen LogP contribution >= 0.6 is 11.3 Å². The number of carboxylic acid groups (broad SMARTS) is 1. The second kappa shape index (κ2) is 8.32. The quantitative estimate of drug-likeness (QED) is 0.262. The number of hydrogen-bond acceptors (Lipinski definition) is 5. The van der Waals surface area contributed by atoms with Gasteiger partial charge in [-0.2, -0.15) is 0 Å². The van der Waals surface area contributed by atoms with E-state index in [0.29, 0.717) is 21.6 Å². The highest BCUT2D eigenvalue weighted by molar-refractivity contribution is 7.21. The van der Waals surface area contributed by atoms with E-state index in [1.165, 1.54) is 17.4 Å². The Kier molecular flexibility index (Phi) is 5.55. The summed E-state index contributed by atoms with van der Waals surface area (Å²) < 4.78 is 0.752. The van der Waals surface area contributed by atoms with Crippen molar-refractivity contribution in [3.8, 4) is 22.6 Å². The van der Waals surface area contributed by atoms with Gasteiger partial charge in [-0.25, -0.2) is 4.79 Å². The molecule has 0 saturated carbocycles. The predicted molar refractivity (Wildman–Crippen MR) is 127 cm³/mol. The van der Waals surface area contributed by atoms with Crippen LogP contribution in [0.4, 0.5) is 0 Å². The van der Waals surface area contributed by atoms with Gasteiger partial charge in [0.05, 0.1) is 10.4 Å². The first-order valence-electron chi connectivity index (χ1n) is 9.86. The molecule has 3 N–H and O–H groups in total. The highest BCUT2D eigenvalue weighted by atomic mass is 32.1. The third kappa shape index (κ3) is 4.00.